The number of carbonyl (C=O) groups excluding carboxylic acids is 1. The number of nitrogens with zero attached hydrogens (tertiary/aromatic N) is 3. The number of aliphatic imine (C=N–C) groups is 1. The highest BCUT2D eigenvalue weighted by atomic mass is 35.5. The fourth-order valence-corrected chi connectivity index (χ4v) is 4.69. The molecule has 2 aliphatic rings. The van der Waals surface area contributed by atoms with Crippen LogP contribution in [0.2, 0.25) is 5.02 Å². The van der Waals surface area contributed by atoms with Gasteiger partial charge in [-0.25, -0.2) is 9.79 Å². The lowest BCUT2D eigenvalue weighted by molar-refractivity contribution is -0.146. The van der Waals surface area contributed by atoms with Crippen LogP contribution in [0, 0.1) is 5.92 Å². The summed E-state index contributed by atoms with van der Waals surface area (Å²) in [6.07, 6.45) is 1.81. The fourth-order valence-electron chi connectivity index (χ4n) is 4.57. The van der Waals surface area contributed by atoms with Gasteiger partial charge in [0.2, 0.25) is 0 Å². The minimum absolute atomic E-state index is 0.0745. The molecule has 1 saturated carbocycles. The zero-order valence-corrected chi connectivity index (χ0v) is 19.7. The molecule has 1 aliphatic carbocycles. The third-order valence-corrected chi connectivity index (χ3v) is 6.48. The number of rotatable bonds is 6. The van der Waals surface area contributed by atoms with Gasteiger partial charge < -0.3 is 10.1 Å². The molecule has 2 heterocycles. The number of fused-ring (bicyclic) bond motifs is 1. The number of nitrogens with one attached hydrogen (secondary N) is 1. The van der Waals surface area contributed by atoms with E-state index in [1.54, 1.807) is 23.6 Å². The Kier molecular flexibility index (Phi) is 5.96. The Balaban J connectivity index is 1.76. The van der Waals surface area contributed by atoms with Crippen LogP contribution in [-0.2, 0) is 9.53 Å². The first-order valence-corrected chi connectivity index (χ1v) is 11.8. The Morgan fingerprint density at radius 3 is 2.50 bits per heavy atom. The molecule has 1 fully saturated rings. The normalized spacial score (nSPS) is 19.2. The summed E-state index contributed by atoms with van der Waals surface area (Å²) >= 11 is 6.05. The third-order valence-electron chi connectivity index (χ3n) is 6.23. The molecule has 174 valence electrons. The van der Waals surface area contributed by atoms with Gasteiger partial charge in [0.25, 0.3) is 0 Å². The van der Waals surface area contributed by atoms with Crippen LogP contribution in [0.25, 0.3) is 0 Å². The van der Waals surface area contributed by atoms with Gasteiger partial charge in [-0.15, -0.1) is 0 Å². The number of hydrogen-bond donors (Lipinski definition) is 1. The van der Waals surface area contributed by atoms with Gasteiger partial charge in [-0.05, 0) is 56.5 Å². The maximum atomic E-state index is 13.2. The molecule has 2 atom stereocenters. The Morgan fingerprint density at radius 1 is 1.15 bits per heavy atom. The van der Waals surface area contributed by atoms with Crippen molar-refractivity contribution in [1.82, 2.24) is 9.55 Å². The Hall–Kier alpha value is -3.45. The van der Waals surface area contributed by atoms with Crippen LogP contribution in [0.4, 0.5) is 17.3 Å². The van der Waals surface area contributed by atoms with Crippen LogP contribution in [-0.4, -0.2) is 27.8 Å². The summed E-state index contributed by atoms with van der Waals surface area (Å²) in [5, 5.41) is 3.89. The Bertz CT molecular complexity index is 1310. The summed E-state index contributed by atoms with van der Waals surface area (Å²) < 4.78 is 7.14. The van der Waals surface area contributed by atoms with E-state index in [1.807, 2.05) is 49.4 Å². The summed E-state index contributed by atoms with van der Waals surface area (Å²) in [5.41, 5.74) is 2.65. The highest BCUT2D eigenvalue weighted by Gasteiger charge is 2.43. The standard InChI is InChI=1S/C26H25ClN4O3/c1-3-34-25(32)20-15(2)28-24-22(21(20)16-7-5-4-6-8-16)23(29-18-11-9-17(27)10-12-18)30-26(33)31(24)19-13-14-19/h4-12,19-21H,3,13-14H2,1-2H3,(H,29,30,33). The van der Waals surface area contributed by atoms with E-state index < -0.39 is 11.8 Å². The van der Waals surface area contributed by atoms with Crippen molar-refractivity contribution in [2.24, 2.45) is 10.9 Å². The van der Waals surface area contributed by atoms with Crippen molar-refractivity contribution in [2.75, 3.05) is 11.9 Å². The quantitative estimate of drug-likeness (QED) is 0.482. The number of hydrogen-bond acceptors (Lipinski definition) is 6. The van der Waals surface area contributed by atoms with Gasteiger partial charge in [-0.2, -0.15) is 4.98 Å². The predicted molar refractivity (Wildman–Crippen MR) is 133 cm³/mol. The van der Waals surface area contributed by atoms with E-state index in [4.69, 9.17) is 21.3 Å². The van der Waals surface area contributed by atoms with E-state index in [-0.39, 0.29) is 24.3 Å². The molecule has 5 rings (SSSR count). The molecule has 1 N–H and O–H groups in total. The molecular formula is C26H25ClN4O3. The highest BCUT2D eigenvalue weighted by Crippen LogP contribution is 2.48. The number of ether oxygens (including phenoxy) is 1. The molecule has 2 aromatic carbocycles. The van der Waals surface area contributed by atoms with Gasteiger partial charge in [-0.3, -0.25) is 9.36 Å². The van der Waals surface area contributed by atoms with Gasteiger partial charge in [0.15, 0.2) is 0 Å². The Labute approximate surface area is 202 Å². The second kappa shape index (κ2) is 9.06. The molecule has 0 bridgehead atoms. The molecule has 7 nitrogen and oxygen atoms in total. The number of esters is 1. The maximum Gasteiger partial charge on any atom is 0.351 e. The van der Waals surface area contributed by atoms with E-state index in [9.17, 15) is 9.59 Å². The first-order chi connectivity index (χ1) is 16.5. The lowest BCUT2D eigenvalue weighted by atomic mass is 9.76. The summed E-state index contributed by atoms with van der Waals surface area (Å²) in [6, 6.07) is 17.0. The van der Waals surface area contributed by atoms with Crippen LogP contribution < -0.4 is 11.0 Å². The van der Waals surface area contributed by atoms with Gasteiger partial charge in [0, 0.05) is 33.9 Å². The van der Waals surface area contributed by atoms with E-state index in [2.05, 4.69) is 10.3 Å². The second-order valence-corrected chi connectivity index (χ2v) is 9.02. The summed E-state index contributed by atoms with van der Waals surface area (Å²) in [7, 11) is 0. The maximum absolute atomic E-state index is 13.2. The molecule has 0 spiro atoms. The molecule has 1 aromatic heterocycles. The van der Waals surface area contributed by atoms with Crippen molar-refractivity contribution >= 4 is 40.6 Å². The van der Waals surface area contributed by atoms with E-state index in [0.29, 0.717) is 22.4 Å². The Morgan fingerprint density at radius 2 is 1.85 bits per heavy atom. The molecule has 1 aliphatic heterocycles. The lowest BCUT2D eigenvalue weighted by Gasteiger charge is -2.33. The lowest BCUT2D eigenvalue weighted by Crippen LogP contribution is -2.36. The summed E-state index contributed by atoms with van der Waals surface area (Å²) in [5.74, 6) is -0.442. The predicted octanol–water partition coefficient (Wildman–Crippen LogP) is 5.39. The first-order valence-electron chi connectivity index (χ1n) is 11.4. The van der Waals surface area contributed by atoms with Crippen molar-refractivity contribution in [3.63, 3.8) is 0 Å². The molecule has 0 radical (unpaired) electrons. The fraction of sp³-hybridized carbons (Fsp3) is 0.308. The largest absolute Gasteiger partial charge is 0.465 e. The van der Waals surface area contributed by atoms with E-state index >= 15 is 0 Å². The number of anilines is 2. The molecule has 0 saturated heterocycles. The van der Waals surface area contributed by atoms with Crippen LogP contribution >= 0.6 is 11.6 Å². The van der Waals surface area contributed by atoms with Crippen molar-refractivity contribution in [3.05, 3.63) is 81.2 Å². The van der Waals surface area contributed by atoms with Gasteiger partial charge in [0.05, 0.1) is 6.61 Å². The minimum atomic E-state index is -0.632. The van der Waals surface area contributed by atoms with Crippen LogP contribution in [0.3, 0.4) is 0 Å². The third kappa shape index (κ3) is 4.12. The zero-order valence-electron chi connectivity index (χ0n) is 19.0. The minimum Gasteiger partial charge on any atom is -0.465 e. The zero-order chi connectivity index (χ0) is 23.8. The number of carbonyl (C=O) groups is 1. The molecule has 34 heavy (non-hydrogen) atoms. The molecule has 8 heteroatoms. The monoisotopic (exact) mass is 476 g/mol. The topological polar surface area (TPSA) is 85.6 Å². The van der Waals surface area contributed by atoms with Gasteiger partial charge in [0.1, 0.15) is 17.6 Å². The smallest absolute Gasteiger partial charge is 0.351 e. The van der Waals surface area contributed by atoms with Crippen LogP contribution in [0.15, 0.2) is 64.4 Å². The van der Waals surface area contributed by atoms with Crippen molar-refractivity contribution in [1.29, 1.82) is 0 Å². The average molecular weight is 477 g/mol. The first kappa shape index (κ1) is 22.3. The average Bonchev–Trinajstić information content (AvgIpc) is 3.65. The summed E-state index contributed by atoms with van der Waals surface area (Å²) in [4.78, 5) is 35.6. The van der Waals surface area contributed by atoms with Crippen LogP contribution in [0.5, 0.6) is 0 Å². The number of halogens is 1. The SMILES string of the molecule is CCOC(=O)C1C(C)=Nc2c(c(Nc3ccc(Cl)cc3)nc(=O)n2C2CC2)C1c1ccccc1. The second-order valence-electron chi connectivity index (χ2n) is 8.58. The van der Waals surface area contributed by atoms with Crippen molar-refractivity contribution < 1.29 is 9.53 Å². The molecule has 3 aromatic rings. The van der Waals surface area contributed by atoms with Crippen molar-refractivity contribution in [3.8, 4) is 0 Å². The van der Waals surface area contributed by atoms with Gasteiger partial charge in [-0.1, -0.05) is 41.9 Å². The highest BCUT2D eigenvalue weighted by molar-refractivity contribution is 6.30. The molecule has 2 unspecified atom stereocenters. The van der Waals surface area contributed by atoms with Crippen LogP contribution in [0.1, 0.15) is 49.8 Å². The van der Waals surface area contributed by atoms with Crippen molar-refractivity contribution in [2.45, 2.75) is 38.6 Å². The molecular weight excluding hydrogens is 452 g/mol. The van der Waals surface area contributed by atoms with E-state index in [0.717, 1.165) is 29.7 Å². The molecule has 0 amide bonds. The van der Waals surface area contributed by atoms with Gasteiger partial charge >= 0.3 is 11.7 Å². The summed E-state index contributed by atoms with van der Waals surface area (Å²) in [6.45, 7) is 3.89. The number of benzene rings is 2. The van der Waals surface area contributed by atoms with E-state index in [1.165, 1.54) is 0 Å². The number of aromatic nitrogens is 2.